The van der Waals surface area contributed by atoms with Crippen molar-refractivity contribution in [2.75, 3.05) is 13.2 Å². The smallest absolute Gasteiger partial charge is 0.256 e. The summed E-state index contributed by atoms with van der Waals surface area (Å²) in [4.78, 5) is 27.2. The summed E-state index contributed by atoms with van der Waals surface area (Å²) in [5.41, 5.74) is -0.533. The number of rotatable bonds is 4. The topological polar surface area (TPSA) is 58.6 Å². The van der Waals surface area contributed by atoms with Crippen LogP contribution >= 0.6 is 0 Å². The third-order valence-corrected chi connectivity index (χ3v) is 4.91. The number of nitrogens with one attached hydrogen (secondary N) is 1. The van der Waals surface area contributed by atoms with Crippen LogP contribution in [0.15, 0.2) is 36.9 Å². The van der Waals surface area contributed by atoms with Gasteiger partial charge in [-0.15, -0.1) is 6.58 Å². The molecule has 1 atom stereocenters. The summed E-state index contributed by atoms with van der Waals surface area (Å²) in [7, 11) is 0. The second-order valence-electron chi connectivity index (χ2n) is 6.55. The van der Waals surface area contributed by atoms with Crippen LogP contribution in [0.1, 0.15) is 42.5 Å². The third-order valence-electron chi connectivity index (χ3n) is 4.91. The third kappa shape index (κ3) is 3.44. The molecule has 1 aliphatic carbocycles. The number of carbonyl (C=O) groups excluding carboxylic acids is 2. The van der Waals surface area contributed by atoms with E-state index in [1.165, 1.54) is 18.2 Å². The van der Waals surface area contributed by atoms with E-state index in [1.807, 2.05) is 0 Å². The van der Waals surface area contributed by atoms with E-state index in [9.17, 15) is 14.0 Å². The number of nitrogens with zero attached hydrogens (tertiary/aromatic N) is 1. The minimum Gasteiger partial charge on any atom is -0.353 e. The molecule has 1 aromatic rings. The van der Waals surface area contributed by atoms with Gasteiger partial charge in [0.25, 0.3) is 5.91 Å². The van der Waals surface area contributed by atoms with Crippen LogP contribution in [0.25, 0.3) is 0 Å². The number of hydrogen-bond donors (Lipinski definition) is 1. The molecular formula is C19H23FN2O3. The Bertz CT molecular complexity index is 670. The van der Waals surface area contributed by atoms with Gasteiger partial charge in [-0.25, -0.2) is 4.39 Å². The summed E-state index contributed by atoms with van der Waals surface area (Å²) in [5.74, 6) is -1.11. The van der Waals surface area contributed by atoms with Crippen LogP contribution in [0.5, 0.6) is 0 Å². The van der Waals surface area contributed by atoms with E-state index in [2.05, 4.69) is 11.9 Å². The highest BCUT2D eigenvalue weighted by atomic mass is 19.1. The number of ether oxygens (including phenoxy) is 1. The molecule has 1 aliphatic heterocycles. The van der Waals surface area contributed by atoms with E-state index in [0.29, 0.717) is 19.4 Å². The van der Waals surface area contributed by atoms with E-state index in [4.69, 9.17) is 4.74 Å². The van der Waals surface area contributed by atoms with Crippen molar-refractivity contribution >= 4 is 11.8 Å². The molecule has 0 radical (unpaired) electrons. The zero-order valence-electron chi connectivity index (χ0n) is 14.2. The van der Waals surface area contributed by atoms with Crippen LogP contribution in [-0.2, 0) is 9.53 Å². The summed E-state index contributed by atoms with van der Waals surface area (Å²) in [5, 5.41) is 2.74. The largest absolute Gasteiger partial charge is 0.353 e. The van der Waals surface area contributed by atoms with Crippen molar-refractivity contribution < 1.29 is 18.7 Å². The van der Waals surface area contributed by atoms with Gasteiger partial charge in [0.05, 0.1) is 6.61 Å². The Morgan fingerprint density at radius 3 is 2.80 bits per heavy atom. The van der Waals surface area contributed by atoms with Crippen molar-refractivity contribution in [2.24, 2.45) is 0 Å². The molecule has 5 nitrogen and oxygen atoms in total. The second kappa shape index (κ2) is 7.35. The minimum atomic E-state index is -0.766. The Labute approximate surface area is 146 Å². The first-order chi connectivity index (χ1) is 12.1. The molecule has 1 spiro atoms. The van der Waals surface area contributed by atoms with E-state index < -0.39 is 17.6 Å². The monoisotopic (exact) mass is 346 g/mol. The molecule has 1 unspecified atom stereocenters. The fraction of sp³-hybridized carbons (Fsp3) is 0.474. The molecule has 2 amide bonds. The SMILES string of the molecule is C=CCNC(=O)C1COC2(CCCCC2)N1C(=O)c1cccc(F)c1. The van der Waals surface area contributed by atoms with Gasteiger partial charge in [0.1, 0.15) is 17.6 Å². The molecule has 134 valence electrons. The predicted octanol–water partition coefficient (Wildman–Crippen LogP) is 2.63. The van der Waals surface area contributed by atoms with Crippen molar-refractivity contribution in [2.45, 2.75) is 43.9 Å². The Balaban J connectivity index is 1.93. The maximum absolute atomic E-state index is 13.6. The molecule has 2 fully saturated rings. The normalized spacial score (nSPS) is 22.0. The van der Waals surface area contributed by atoms with Crippen molar-refractivity contribution in [3.63, 3.8) is 0 Å². The fourth-order valence-electron chi connectivity index (χ4n) is 3.72. The summed E-state index contributed by atoms with van der Waals surface area (Å²) >= 11 is 0. The quantitative estimate of drug-likeness (QED) is 0.853. The first-order valence-electron chi connectivity index (χ1n) is 8.69. The lowest BCUT2D eigenvalue weighted by molar-refractivity contribution is -0.127. The number of benzene rings is 1. The highest BCUT2D eigenvalue weighted by Crippen LogP contribution is 2.41. The van der Waals surface area contributed by atoms with Gasteiger partial charge in [0.2, 0.25) is 5.91 Å². The van der Waals surface area contributed by atoms with Crippen molar-refractivity contribution in [1.82, 2.24) is 10.2 Å². The second-order valence-corrected chi connectivity index (χ2v) is 6.55. The summed E-state index contributed by atoms with van der Waals surface area (Å²) in [6.07, 6.45) is 5.93. The van der Waals surface area contributed by atoms with Crippen molar-refractivity contribution in [3.05, 3.63) is 48.3 Å². The average molecular weight is 346 g/mol. The minimum absolute atomic E-state index is 0.157. The van der Waals surface area contributed by atoms with E-state index in [1.54, 1.807) is 17.0 Å². The van der Waals surface area contributed by atoms with Gasteiger partial charge in [-0.3, -0.25) is 14.5 Å². The van der Waals surface area contributed by atoms with Crippen molar-refractivity contribution in [3.8, 4) is 0 Å². The van der Waals surface area contributed by atoms with Crippen LogP contribution < -0.4 is 5.32 Å². The summed E-state index contributed by atoms with van der Waals surface area (Å²) < 4.78 is 19.6. The van der Waals surface area contributed by atoms with Gasteiger partial charge in [-0.1, -0.05) is 18.6 Å². The van der Waals surface area contributed by atoms with Gasteiger partial charge in [0, 0.05) is 12.1 Å². The van der Waals surface area contributed by atoms with Crippen LogP contribution in [0.3, 0.4) is 0 Å². The summed E-state index contributed by atoms with van der Waals surface area (Å²) in [6.45, 7) is 4.07. The number of amides is 2. The lowest BCUT2D eigenvalue weighted by atomic mass is 9.89. The molecule has 3 rings (SSSR count). The molecule has 1 N–H and O–H groups in total. The van der Waals surface area contributed by atoms with Gasteiger partial charge in [-0.05, 0) is 43.9 Å². The first-order valence-corrected chi connectivity index (χ1v) is 8.69. The number of halogens is 1. The van der Waals surface area contributed by atoms with Gasteiger partial charge < -0.3 is 10.1 Å². The molecular weight excluding hydrogens is 323 g/mol. The summed E-state index contributed by atoms with van der Waals surface area (Å²) in [6, 6.07) is 4.85. The lowest BCUT2D eigenvalue weighted by Gasteiger charge is -2.41. The van der Waals surface area contributed by atoms with Crippen molar-refractivity contribution in [1.29, 1.82) is 0 Å². The predicted molar refractivity (Wildman–Crippen MR) is 91.3 cm³/mol. The maximum Gasteiger partial charge on any atom is 0.256 e. The molecule has 6 heteroatoms. The van der Waals surface area contributed by atoms with Gasteiger partial charge in [0.15, 0.2) is 0 Å². The molecule has 25 heavy (non-hydrogen) atoms. The number of carbonyl (C=O) groups is 2. The average Bonchev–Trinajstić information content (AvgIpc) is 2.98. The Kier molecular flexibility index (Phi) is 5.18. The molecule has 1 saturated carbocycles. The molecule has 1 heterocycles. The standard InChI is InChI=1S/C19H23FN2O3/c1-2-11-21-17(23)16-13-25-19(9-4-3-5-10-19)22(16)18(24)14-7-6-8-15(20)12-14/h2,6-8,12,16H,1,3-5,9-11,13H2,(H,21,23). The fourth-order valence-corrected chi connectivity index (χ4v) is 3.72. The lowest BCUT2D eigenvalue weighted by Crippen LogP contribution is -2.56. The molecule has 0 bridgehead atoms. The maximum atomic E-state index is 13.6. The van der Waals surface area contributed by atoms with E-state index >= 15 is 0 Å². The van der Waals surface area contributed by atoms with Crippen LogP contribution in [0, 0.1) is 5.82 Å². The molecule has 2 aliphatic rings. The van der Waals surface area contributed by atoms with E-state index in [0.717, 1.165) is 19.3 Å². The van der Waals surface area contributed by atoms with E-state index in [-0.39, 0.29) is 24.0 Å². The van der Waals surface area contributed by atoms with Crippen LogP contribution in [0.4, 0.5) is 4.39 Å². The van der Waals surface area contributed by atoms with Crippen LogP contribution in [0.2, 0.25) is 0 Å². The zero-order chi connectivity index (χ0) is 17.9. The Hall–Kier alpha value is -2.21. The Morgan fingerprint density at radius 1 is 1.36 bits per heavy atom. The number of hydrogen-bond acceptors (Lipinski definition) is 3. The highest BCUT2D eigenvalue weighted by molar-refractivity contribution is 5.98. The Morgan fingerprint density at radius 2 is 2.12 bits per heavy atom. The van der Waals surface area contributed by atoms with Crippen LogP contribution in [-0.4, -0.2) is 41.6 Å². The first kappa shape index (κ1) is 17.6. The zero-order valence-corrected chi connectivity index (χ0v) is 14.2. The molecule has 1 saturated heterocycles. The highest BCUT2D eigenvalue weighted by Gasteiger charge is 2.52. The van der Waals surface area contributed by atoms with Gasteiger partial charge >= 0.3 is 0 Å². The molecule has 0 aromatic heterocycles. The van der Waals surface area contributed by atoms with Gasteiger partial charge in [-0.2, -0.15) is 0 Å². The molecule has 1 aromatic carbocycles.